The number of fused-ring (bicyclic) bond motifs is 1. The van der Waals surface area contributed by atoms with Crippen molar-refractivity contribution in [2.45, 2.75) is 20.0 Å². The van der Waals surface area contributed by atoms with E-state index in [-0.39, 0.29) is 12.1 Å². The lowest BCUT2D eigenvalue weighted by Crippen LogP contribution is -2.39. The zero-order valence-corrected chi connectivity index (χ0v) is 16.1. The molecule has 0 aliphatic heterocycles. The number of nitrogens with zero attached hydrogens (tertiary/aromatic N) is 4. The van der Waals surface area contributed by atoms with E-state index < -0.39 is 5.69 Å². The van der Waals surface area contributed by atoms with Gasteiger partial charge in [-0.15, -0.1) is 0 Å². The summed E-state index contributed by atoms with van der Waals surface area (Å²) < 4.78 is 4.80. The van der Waals surface area contributed by atoms with E-state index in [4.69, 9.17) is 11.6 Å². The molecule has 2 heterocycles. The van der Waals surface area contributed by atoms with Crippen molar-refractivity contribution in [1.29, 1.82) is 0 Å². The summed E-state index contributed by atoms with van der Waals surface area (Å²) in [5.41, 5.74) is 0.933. The molecule has 0 saturated heterocycles. The Morgan fingerprint density at radius 2 is 1.92 bits per heavy atom. The number of allylic oxidation sites excluding steroid dienone is 2. The molecule has 0 bridgehead atoms. The largest absolute Gasteiger partial charge is 0.332 e. The minimum atomic E-state index is -0.427. The van der Waals surface area contributed by atoms with E-state index in [0.717, 1.165) is 10.1 Å². The maximum absolute atomic E-state index is 12.9. The van der Waals surface area contributed by atoms with Crippen molar-refractivity contribution in [1.82, 2.24) is 18.7 Å². The first-order chi connectivity index (χ1) is 11.9. The molecule has 0 unspecified atom stereocenters. The Kier molecular flexibility index (Phi) is 4.96. The van der Waals surface area contributed by atoms with Gasteiger partial charge in [-0.3, -0.25) is 13.9 Å². The first-order valence-corrected chi connectivity index (χ1v) is 8.79. The van der Waals surface area contributed by atoms with Gasteiger partial charge in [0, 0.05) is 12.1 Å². The topological polar surface area (TPSA) is 61.8 Å². The second kappa shape index (κ2) is 7.01. The Bertz CT molecular complexity index is 1080. The van der Waals surface area contributed by atoms with Gasteiger partial charge in [-0.05, 0) is 28.4 Å². The van der Waals surface area contributed by atoms with Crippen LogP contribution >= 0.6 is 27.5 Å². The number of halogens is 2. The minimum absolute atomic E-state index is 0.116. The highest BCUT2D eigenvalue weighted by molar-refractivity contribution is 9.10. The van der Waals surface area contributed by atoms with Crippen LogP contribution in [0, 0.1) is 0 Å². The number of rotatable bonds is 4. The molecule has 0 fully saturated rings. The molecule has 1 aromatic carbocycles. The molecule has 6 nitrogen and oxygen atoms in total. The molecule has 0 aliphatic rings. The van der Waals surface area contributed by atoms with Crippen molar-refractivity contribution in [3.8, 4) is 0 Å². The smallest absolute Gasteiger partial charge is 0.308 e. The van der Waals surface area contributed by atoms with Crippen molar-refractivity contribution in [3.05, 3.63) is 72.6 Å². The predicted molar refractivity (Wildman–Crippen MR) is 102 cm³/mol. The van der Waals surface area contributed by atoms with Crippen LogP contribution in [0.15, 0.2) is 55.8 Å². The average Bonchev–Trinajstić information content (AvgIpc) is 2.90. The highest BCUT2D eigenvalue weighted by Crippen LogP contribution is 2.18. The second-order valence-electron chi connectivity index (χ2n) is 5.67. The molecule has 0 N–H and O–H groups in total. The van der Waals surface area contributed by atoms with Gasteiger partial charge in [-0.25, -0.2) is 9.78 Å². The fourth-order valence-corrected chi connectivity index (χ4v) is 3.17. The molecule has 0 spiro atoms. The van der Waals surface area contributed by atoms with Gasteiger partial charge in [0.2, 0.25) is 0 Å². The Morgan fingerprint density at radius 1 is 1.24 bits per heavy atom. The quantitative estimate of drug-likeness (QED) is 0.606. The summed E-state index contributed by atoms with van der Waals surface area (Å²) in [6, 6.07) is 9.74. The Balaban J connectivity index is 2.25. The van der Waals surface area contributed by atoms with Gasteiger partial charge in [-0.2, -0.15) is 0 Å². The second-order valence-corrected chi connectivity index (χ2v) is 6.98. The van der Waals surface area contributed by atoms with Gasteiger partial charge in [0.15, 0.2) is 15.9 Å². The maximum Gasteiger partial charge on any atom is 0.332 e. The first-order valence-electron chi connectivity index (χ1n) is 7.62. The van der Waals surface area contributed by atoms with Crippen LogP contribution in [0.3, 0.4) is 0 Å². The average molecular weight is 424 g/mol. The molecular weight excluding hydrogens is 408 g/mol. The molecule has 0 saturated carbocycles. The predicted octanol–water partition coefficient (Wildman–Crippen LogP) is 2.85. The van der Waals surface area contributed by atoms with Crippen LogP contribution in [-0.2, 0) is 20.1 Å². The van der Waals surface area contributed by atoms with Crippen molar-refractivity contribution in [2.24, 2.45) is 7.05 Å². The Hall–Kier alpha value is -2.12. The molecule has 3 aromatic rings. The normalized spacial score (nSPS) is 12.1. The van der Waals surface area contributed by atoms with E-state index in [1.54, 1.807) is 24.6 Å². The number of aryl methyl sites for hydroxylation is 1. The lowest BCUT2D eigenvalue weighted by Gasteiger charge is -2.09. The van der Waals surface area contributed by atoms with E-state index >= 15 is 0 Å². The highest BCUT2D eigenvalue weighted by atomic mass is 79.9. The van der Waals surface area contributed by atoms with Gasteiger partial charge < -0.3 is 4.57 Å². The minimum Gasteiger partial charge on any atom is -0.308 e. The van der Waals surface area contributed by atoms with Crippen molar-refractivity contribution < 1.29 is 0 Å². The summed E-state index contributed by atoms with van der Waals surface area (Å²) in [5.74, 6) is 0. The zero-order valence-electron chi connectivity index (χ0n) is 13.7. The molecule has 130 valence electrons. The summed E-state index contributed by atoms with van der Waals surface area (Å²) in [6.07, 6.45) is 1.63. The zero-order chi connectivity index (χ0) is 18.1. The number of aromatic nitrogens is 4. The fourth-order valence-electron chi connectivity index (χ4n) is 2.63. The SMILES string of the molecule is C/C(Cl)=C\Cn1c(=O)c2c(nc(Br)n2Cc2ccccc2)n(C)c1=O. The summed E-state index contributed by atoms with van der Waals surface area (Å²) in [5, 5.41) is 0.521. The third-order valence-electron chi connectivity index (χ3n) is 3.92. The van der Waals surface area contributed by atoms with E-state index in [9.17, 15) is 9.59 Å². The molecule has 3 rings (SSSR count). The van der Waals surface area contributed by atoms with Crippen LogP contribution < -0.4 is 11.2 Å². The number of benzene rings is 1. The molecule has 8 heteroatoms. The molecule has 0 radical (unpaired) electrons. The number of hydrogen-bond acceptors (Lipinski definition) is 3. The van der Waals surface area contributed by atoms with Crippen LogP contribution in [0.5, 0.6) is 0 Å². The van der Waals surface area contributed by atoms with Crippen LogP contribution in [0.2, 0.25) is 0 Å². The molecule has 0 amide bonds. The summed E-state index contributed by atoms with van der Waals surface area (Å²) in [6.45, 7) is 2.28. The Morgan fingerprint density at radius 3 is 2.56 bits per heavy atom. The molecule has 0 aliphatic carbocycles. The lowest BCUT2D eigenvalue weighted by atomic mass is 10.2. The van der Waals surface area contributed by atoms with Crippen LogP contribution in [0.4, 0.5) is 0 Å². The van der Waals surface area contributed by atoms with Crippen LogP contribution in [-0.4, -0.2) is 18.7 Å². The maximum atomic E-state index is 12.9. The van der Waals surface area contributed by atoms with E-state index in [1.807, 2.05) is 30.3 Å². The van der Waals surface area contributed by atoms with Crippen molar-refractivity contribution in [2.75, 3.05) is 0 Å². The number of imidazole rings is 1. The van der Waals surface area contributed by atoms with Crippen LogP contribution in [0.25, 0.3) is 11.2 Å². The van der Waals surface area contributed by atoms with Crippen molar-refractivity contribution in [3.63, 3.8) is 0 Å². The third-order valence-corrected chi connectivity index (χ3v) is 4.68. The Labute approximate surface area is 157 Å². The summed E-state index contributed by atoms with van der Waals surface area (Å²) >= 11 is 9.25. The van der Waals surface area contributed by atoms with Crippen molar-refractivity contribution >= 4 is 38.7 Å². The van der Waals surface area contributed by atoms with Gasteiger partial charge in [-0.1, -0.05) is 48.0 Å². The van der Waals surface area contributed by atoms with Gasteiger partial charge >= 0.3 is 5.69 Å². The van der Waals surface area contributed by atoms with E-state index in [0.29, 0.717) is 27.5 Å². The van der Waals surface area contributed by atoms with Gasteiger partial charge in [0.1, 0.15) is 0 Å². The standard InChI is InChI=1S/C17H16BrClN4O2/c1-11(19)8-9-22-15(24)13-14(21(2)17(22)25)20-16(18)23(13)10-12-6-4-3-5-7-12/h3-8H,9-10H2,1-2H3/b11-8+. The summed E-state index contributed by atoms with van der Waals surface area (Å²) in [7, 11) is 1.60. The molecule has 25 heavy (non-hydrogen) atoms. The monoisotopic (exact) mass is 422 g/mol. The summed E-state index contributed by atoms with van der Waals surface area (Å²) in [4.78, 5) is 29.8. The lowest BCUT2D eigenvalue weighted by molar-refractivity contribution is 0.662. The van der Waals surface area contributed by atoms with E-state index in [2.05, 4.69) is 20.9 Å². The number of hydrogen-bond donors (Lipinski definition) is 0. The van der Waals surface area contributed by atoms with E-state index in [1.165, 1.54) is 4.57 Å². The first kappa shape index (κ1) is 17.7. The molecular formula is C17H16BrClN4O2. The van der Waals surface area contributed by atoms with Gasteiger partial charge in [0.25, 0.3) is 5.56 Å². The van der Waals surface area contributed by atoms with Crippen LogP contribution in [0.1, 0.15) is 12.5 Å². The third kappa shape index (κ3) is 3.34. The fraction of sp³-hybridized carbons (Fsp3) is 0.235. The molecule has 2 aromatic heterocycles. The highest BCUT2D eigenvalue weighted by Gasteiger charge is 2.19. The molecule has 0 atom stereocenters. The van der Waals surface area contributed by atoms with Gasteiger partial charge in [0.05, 0.1) is 13.1 Å².